The maximum atomic E-state index is 13.1. The Morgan fingerprint density at radius 3 is 1.03 bits per heavy atom. The molecular weight excluding hydrogens is 1160 g/mol. The minimum Gasteiger partial charge on any atom is -0.466 e. The van der Waals surface area contributed by atoms with Gasteiger partial charge in [-0.1, -0.05) is 378 Å². The summed E-state index contributed by atoms with van der Waals surface area (Å²) in [5.74, 6) is -0.155. The number of unbranched alkanes of at least 4 members (excludes halogenated alkanes) is 58. The van der Waals surface area contributed by atoms with Crippen LogP contribution in [0.1, 0.15) is 425 Å². The summed E-state index contributed by atoms with van der Waals surface area (Å²) in [7, 11) is 0. The highest BCUT2D eigenvalue weighted by atomic mass is 16.7. The van der Waals surface area contributed by atoms with E-state index in [9.17, 15) is 35.1 Å². The van der Waals surface area contributed by atoms with E-state index in [0.29, 0.717) is 19.4 Å². The van der Waals surface area contributed by atoms with Crippen molar-refractivity contribution in [1.82, 2.24) is 5.32 Å². The topological polar surface area (TPSA) is 175 Å². The summed E-state index contributed by atoms with van der Waals surface area (Å²) in [4.78, 5) is 25.2. The van der Waals surface area contributed by atoms with E-state index in [1.165, 1.54) is 347 Å². The quantitative estimate of drug-likeness (QED) is 0.0195. The zero-order chi connectivity index (χ0) is 67.2. The summed E-state index contributed by atoms with van der Waals surface area (Å²) in [6, 6.07) is -0.806. The fourth-order valence-electron chi connectivity index (χ4n) is 13.4. The van der Waals surface area contributed by atoms with Crippen LogP contribution >= 0.6 is 0 Å². The van der Waals surface area contributed by atoms with E-state index in [1.54, 1.807) is 6.08 Å². The van der Waals surface area contributed by atoms with Gasteiger partial charge in [0.2, 0.25) is 5.91 Å². The molecule has 1 amide bonds. The first-order chi connectivity index (χ1) is 45.7. The van der Waals surface area contributed by atoms with Crippen molar-refractivity contribution in [3.05, 3.63) is 24.3 Å². The maximum absolute atomic E-state index is 13.1. The Labute approximate surface area is 575 Å². The molecule has 7 atom stereocenters. The summed E-state index contributed by atoms with van der Waals surface area (Å²) in [5.41, 5.74) is 0. The number of amides is 1. The van der Waals surface area contributed by atoms with Crippen LogP contribution in [0.4, 0.5) is 0 Å². The first kappa shape index (κ1) is 89.2. The number of allylic oxidation sites excluding steroid dienone is 3. The second-order valence-corrected chi connectivity index (χ2v) is 28.8. The van der Waals surface area contributed by atoms with E-state index in [1.807, 2.05) is 6.08 Å². The van der Waals surface area contributed by atoms with Crippen molar-refractivity contribution in [3.63, 3.8) is 0 Å². The first-order valence-corrected chi connectivity index (χ1v) is 41.1. The summed E-state index contributed by atoms with van der Waals surface area (Å²) in [6.07, 6.45) is 82.3. The third kappa shape index (κ3) is 59.9. The zero-order valence-electron chi connectivity index (χ0n) is 61.5. The highest BCUT2D eigenvalue weighted by Crippen LogP contribution is 2.24. The van der Waals surface area contributed by atoms with Crippen LogP contribution in [0.5, 0.6) is 0 Å². The zero-order valence-corrected chi connectivity index (χ0v) is 61.5. The number of rotatable bonds is 74. The van der Waals surface area contributed by atoms with Crippen LogP contribution in [0, 0.1) is 0 Å². The largest absolute Gasteiger partial charge is 0.466 e. The number of hydrogen-bond acceptors (Lipinski definition) is 10. The van der Waals surface area contributed by atoms with Gasteiger partial charge in [-0.15, -0.1) is 0 Å². The Kier molecular flexibility index (Phi) is 68.5. The molecule has 0 bridgehead atoms. The van der Waals surface area contributed by atoms with E-state index < -0.39 is 49.5 Å². The van der Waals surface area contributed by atoms with Gasteiger partial charge in [-0.3, -0.25) is 9.59 Å². The second-order valence-electron chi connectivity index (χ2n) is 28.8. The summed E-state index contributed by atoms with van der Waals surface area (Å²) < 4.78 is 16.8. The minimum absolute atomic E-state index is 0.0206. The normalized spacial score (nSPS) is 17.5. The van der Waals surface area contributed by atoms with Gasteiger partial charge in [0.15, 0.2) is 6.29 Å². The molecule has 1 aliphatic heterocycles. The number of carbonyl (C=O) groups excluding carboxylic acids is 2. The molecule has 0 saturated carbocycles. The highest BCUT2D eigenvalue weighted by Gasteiger charge is 2.44. The second kappa shape index (κ2) is 71.4. The molecule has 11 nitrogen and oxygen atoms in total. The van der Waals surface area contributed by atoms with Crippen LogP contribution in [-0.4, -0.2) is 100 Å². The summed E-state index contributed by atoms with van der Waals surface area (Å²) in [6.45, 7) is 4.39. The van der Waals surface area contributed by atoms with Crippen molar-refractivity contribution < 1.29 is 49.3 Å². The molecule has 0 aliphatic carbocycles. The van der Waals surface area contributed by atoms with Crippen LogP contribution in [0.25, 0.3) is 0 Å². The molecule has 550 valence electrons. The number of esters is 1. The predicted molar refractivity (Wildman–Crippen MR) is 394 cm³/mol. The molecule has 0 aromatic heterocycles. The Hall–Kier alpha value is -1.86. The number of aliphatic hydroxyl groups excluding tert-OH is 5. The Balaban J connectivity index is 1.86. The monoisotopic (exact) mass is 1320 g/mol. The number of carbonyl (C=O) groups is 2. The fourth-order valence-corrected chi connectivity index (χ4v) is 13.4. The van der Waals surface area contributed by atoms with Gasteiger partial charge in [-0.05, 0) is 57.8 Å². The van der Waals surface area contributed by atoms with E-state index in [2.05, 4.69) is 31.3 Å². The highest BCUT2D eigenvalue weighted by molar-refractivity contribution is 5.76. The standard InChI is InChI=1S/C82H157NO10/c1-3-5-7-9-11-13-15-16-42-46-50-54-58-62-66-70-78(87)91-71-67-63-59-55-51-47-44-41-39-37-35-33-31-29-27-25-23-21-19-17-18-20-22-24-26-28-30-32-34-36-38-40-43-45-49-53-57-61-65-69-77(86)83-74(73-92-82-81(90)80(89)79(88)76(72-84)93-82)75(85)68-64-60-56-52-48-14-12-10-8-6-4-2/h17-18,64,68,74-76,79-82,84-85,88-90H,3-16,19-63,65-67,69-73H2,1-2H3,(H,83,86)/b18-17-,68-64+. The van der Waals surface area contributed by atoms with Gasteiger partial charge >= 0.3 is 5.97 Å². The third-order valence-corrected chi connectivity index (χ3v) is 19.8. The van der Waals surface area contributed by atoms with Crippen LogP contribution in [0.3, 0.4) is 0 Å². The number of nitrogens with one attached hydrogen (secondary N) is 1. The average molecular weight is 1320 g/mol. The van der Waals surface area contributed by atoms with Crippen molar-refractivity contribution in [3.8, 4) is 0 Å². The molecular formula is C82H157NO10. The van der Waals surface area contributed by atoms with Crippen LogP contribution in [-0.2, 0) is 23.8 Å². The Morgan fingerprint density at radius 1 is 0.387 bits per heavy atom. The van der Waals surface area contributed by atoms with Crippen molar-refractivity contribution in [2.24, 2.45) is 0 Å². The molecule has 1 aliphatic rings. The lowest BCUT2D eigenvalue weighted by molar-refractivity contribution is -0.302. The lowest BCUT2D eigenvalue weighted by Gasteiger charge is -2.40. The molecule has 0 aromatic rings. The SMILES string of the molecule is CCCCCCCCCCC/C=C/C(O)C(COC1OC(CO)C(O)C(O)C1O)NC(=O)CCCCCCCCCCCCCCCCCCC/C=C\CCCCCCCCCCCCCCCCCCCCOC(=O)CCCCCCCCCCCCCCCCC. The molecule has 0 spiro atoms. The number of ether oxygens (including phenoxy) is 3. The van der Waals surface area contributed by atoms with E-state index in [-0.39, 0.29) is 18.5 Å². The first-order valence-electron chi connectivity index (χ1n) is 41.1. The van der Waals surface area contributed by atoms with Crippen LogP contribution in [0.2, 0.25) is 0 Å². The van der Waals surface area contributed by atoms with Gasteiger partial charge in [0, 0.05) is 12.8 Å². The van der Waals surface area contributed by atoms with Gasteiger partial charge in [0.05, 0.1) is 32.0 Å². The summed E-state index contributed by atoms with van der Waals surface area (Å²) >= 11 is 0. The molecule has 1 saturated heterocycles. The van der Waals surface area contributed by atoms with Crippen molar-refractivity contribution in [2.75, 3.05) is 19.8 Å². The van der Waals surface area contributed by atoms with Gasteiger partial charge in [-0.2, -0.15) is 0 Å². The lowest BCUT2D eigenvalue weighted by atomic mass is 9.99. The van der Waals surface area contributed by atoms with Gasteiger partial charge in [-0.25, -0.2) is 0 Å². The van der Waals surface area contributed by atoms with E-state index >= 15 is 0 Å². The molecule has 6 N–H and O–H groups in total. The molecule has 1 heterocycles. The van der Waals surface area contributed by atoms with E-state index in [0.717, 1.165) is 51.4 Å². The van der Waals surface area contributed by atoms with Gasteiger partial charge < -0.3 is 45.1 Å². The third-order valence-electron chi connectivity index (χ3n) is 19.8. The molecule has 11 heteroatoms. The Morgan fingerprint density at radius 2 is 0.688 bits per heavy atom. The van der Waals surface area contributed by atoms with Gasteiger partial charge in [0.25, 0.3) is 0 Å². The molecule has 0 radical (unpaired) electrons. The van der Waals surface area contributed by atoms with Crippen molar-refractivity contribution in [2.45, 2.75) is 468 Å². The minimum atomic E-state index is -1.57. The van der Waals surface area contributed by atoms with Crippen LogP contribution in [0.15, 0.2) is 24.3 Å². The molecule has 1 fully saturated rings. The Bertz CT molecular complexity index is 1590. The fraction of sp³-hybridized carbons (Fsp3) is 0.927. The molecule has 0 aromatic carbocycles. The number of hydrogen-bond donors (Lipinski definition) is 6. The lowest BCUT2D eigenvalue weighted by Crippen LogP contribution is -2.60. The van der Waals surface area contributed by atoms with Crippen molar-refractivity contribution in [1.29, 1.82) is 0 Å². The predicted octanol–water partition coefficient (Wildman–Crippen LogP) is 22.3. The van der Waals surface area contributed by atoms with Gasteiger partial charge in [0.1, 0.15) is 24.4 Å². The maximum Gasteiger partial charge on any atom is 0.305 e. The van der Waals surface area contributed by atoms with Crippen LogP contribution < -0.4 is 5.32 Å². The van der Waals surface area contributed by atoms with E-state index in [4.69, 9.17) is 14.2 Å². The smallest absolute Gasteiger partial charge is 0.305 e. The molecule has 7 unspecified atom stereocenters. The summed E-state index contributed by atoms with van der Waals surface area (Å²) in [5, 5.41) is 54.5. The molecule has 93 heavy (non-hydrogen) atoms. The van der Waals surface area contributed by atoms with Crippen molar-refractivity contribution >= 4 is 11.9 Å². The number of aliphatic hydroxyl groups is 5. The molecule has 1 rings (SSSR count). The average Bonchev–Trinajstić information content (AvgIpc) is 0.962.